The Bertz CT molecular complexity index is 1060. The molecule has 4 aliphatic rings. The summed E-state index contributed by atoms with van der Waals surface area (Å²) in [5.41, 5.74) is -0.0597. The third kappa shape index (κ3) is 8.84. The molecule has 0 aromatic rings. The fraction of sp³-hybridized carbons (Fsp3) is 1.00. The van der Waals surface area contributed by atoms with Gasteiger partial charge in [0.1, 0.15) is 0 Å². The number of hydrogen-bond acceptors (Lipinski definition) is 5. The minimum Gasteiger partial charge on any atom is -0.415 e. The summed E-state index contributed by atoms with van der Waals surface area (Å²) < 4.78 is 36.0. The maximum absolute atomic E-state index is 7.70. The zero-order chi connectivity index (χ0) is 34.9. The van der Waals surface area contributed by atoms with Gasteiger partial charge in [0.2, 0.25) is 0 Å². The molecule has 10 atom stereocenters. The molecule has 4 rings (SSSR count). The van der Waals surface area contributed by atoms with Crippen LogP contribution in [0.1, 0.15) is 65.2 Å². The van der Waals surface area contributed by atoms with Gasteiger partial charge in [-0.25, -0.2) is 0 Å². The molecule has 0 aromatic carbocycles. The fourth-order valence-corrected chi connectivity index (χ4v) is 16.5. The van der Waals surface area contributed by atoms with Crippen LogP contribution in [0.2, 0.25) is 98.2 Å². The second-order valence-electron chi connectivity index (χ2n) is 21.4. The summed E-state index contributed by atoms with van der Waals surface area (Å²) >= 11 is 0. The van der Waals surface area contributed by atoms with Gasteiger partial charge in [0.15, 0.2) is 41.6 Å². The summed E-state index contributed by atoms with van der Waals surface area (Å²) in [6.45, 7) is 41.5. The molecule has 10 heteroatoms. The highest BCUT2D eigenvalue weighted by Crippen LogP contribution is 2.70. The quantitative estimate of drug-likeness (QED) is 0.187. The van der Waals surface area contributed by atoms with Gasteiger partial charge in [0.05, 0.1) is 18.3 Å². The van der Waals surface area contributed by atoms with Gasteiger partial charge in [-0.05, 0) is 179 Å². The van der Waals surface area contributed by atoms with E-state index in [2.05, 4.69) is 112 Å². The molecule has 0 radical (unpaired) electrons. The highest BCUT2D eigenvalue weighted by Gasteiger charge is 2.71. The molecule has 46 heavy (non-hydrogen) atoms. The Morgan fingerprint density at radius 1 is 0.652 bits per heavy atom. The van der Waals surface area contributed by atoms with Crippen molar-refractivity contribution >= 4 is 41.6 Å². The van der Waals surface area contributed by atoms with Gasteiger partial charge in [-0.3, -0.25) is 0 Å². The molecular weight excluding hydrogens is 653 g/mol. The zero-order valence-electron chi connectivity index (χ0n) is 33.4. The minimum atomic E-state index is -1.97. The summed E-state index contributed by atoms with van der Waals surface area (Å²) in [4.78, 5) is 0. The van der Waals surface area contributed by atoms with Crippen molar-refractivity contribution < 1.29 is 22.1 Å². The Morgan fingerprint density at radius 3 is 1.78 bits per heavy atom. The van der Waals surface area contributed by atoms with E-state index in [0.717, 1.165) is 18.8 Å². The number of fused-ring (bicyclic) bond motifs is 5. The molecule has 0 saturated heterocycles. The Balaban J connectivity index is 1.80. The van der Waals surface area contributed by atoms with Crippen molar-refractivity contribution in [1.82, 2.24) is 0 Å². The van der Waals surface area contributed by atoms with Crippen molar-refractivity contribution in [2.45, 2.75) is 187 Å². The van der Waals surface area contributed by atoms with E-state index < -0.39 is 41.6 Å². The highest BCUT2D eigenvalue weighted by molar-refractivity contribution is 6.71. The van der Waals surface area contributed by atoms with Crippen LogP contribution in [-0.4, -0.2) is 72.1 Å². The van der Waals surface area contributed by atoms with E-state index in [1.807, 2.05) is 0 Å². The number of rotatable bonds is 12. The molecule has 5 nitrogen and oxygen atoms in total. The van der Waals surface area contributed by atoms with Gasteiger partial charge in [-0.1, -0.05) is 13.8 Å². The molecule has 0 heterocycles. The molecule has 0 aromatic heterocycles. The summed E-state index contributed by atoms with van der Waals surface area (Å²) in [5, 5.41) is 0. The van der Waals surface area contributed by atoms with Crippen LogP contribution in [0, 0.1) is 34.5 Å². The van der Waals surface area contributed by atoms with Gasteiger partial charge < -0.3 is 22.1 Å². The third-order valence-corrected chi connectivity index (χ3v) is 17.0. The van der Waals surface area contributed by atoms with Crippen LogP contribution in [0.25, 0.3) is 0 Å². The maximum atomic E-state index is 7.70. The van der Waals surface area contributed by atoms with Gasteiger partial charge in [-0.2, -0.15) is 0 Å². The van der Waals surface area contributed by atoms with Crippen molar-refractivity contribution in [3.63, 3.8) is 0 Å². The summed E-state index contributed by atoms with van der Waals surface area (Å²) in [5.74, 6) is 2.65. The molecule has 0 N–H and O–H groups in total. The molecule has 0 amide bonds. The molecule has 0 bridgehead atoms. The lowest BCUT2D eigenvalue weighted by molar-refractivity contribution is -0.212. The van der Waals surface area contributed by atoms with Crippen molar-refractivity contribution in [1.29, 1.82) is 0 Å². The van der Waals surface area contributed by atoms with Crippen LogP contribution >= 0.6 is 0 Å². The van der Waals surface area contributed by atoms with Crippen LogP contribution in [0.5, 0.6) is 0 Å². The van der Waals surface area contributed by atoms with Crippen LogP contribution < -0.4 is 0 Å². The Morgan fingerprint density at radius 2 is 1.26 bits per heavy atom. The summed E-state index contributed by atoms with van der Waals surface area (Å²) in [6.07, 6.45) is 10.5. The second-order valence-corrected chi connectivity index (χ2v) is 43.7. The van der Waals surface area contributed by atoms with E-state index in [-0.39, 0.29) is 23.2 Å². The second kappa shape index (κ2) is 13.1. The minimum absolute atomic E-state index is 0.0206. The van der Waals surface area contributed by atoms with E-state index in [9.17, 15) is 0 Å². The Kier molecular flexibility index (Phi) is 11.3. The number of hydrogen-bond donors (Lipinski definition) is 0. The van der Waals surface area contributed by atoms with Gasteiger partial charge >= 0.3 is 0 Å². The van der Waals surface area contributed by atoms with E-state index >= 15 is 0 Å². The van der Waals surface area contributed by atoms with Gasteiger partial charge in [0, 0.05) is 17.6 Å². The maximum Gasteiger partial charge on any atom is 0.184 e. The third-order valence-electron chi connectivity index (χ3n) is 11.9. The predicted molar refractivity (Wildman–Crippen MR) is 208 cm³/mol. The average Bonchev–Trinajstić information content (AvgIpc) is 3.09. The molecular formula is C36H76O5Si5. The van der Waals surface area contributed by atoms with Crippen molar-refractivity contribution in [3.05, 3.63) is 0 Å². The Hall–Kier alpha value is 0.884. The van der Waals surface area contributed by atoms with E-state index in [0.29, 0.717) is 35.9 Å². The average molecular weight is 729 g/mol. The molecule has 4 saturated carbocycles. The summed E-state index contributed by atoms with van der Waals surface area (Å²) in [6, 6.07) is 0. The topological polar surface area (TPSA) is 46.2 Å². The largest absolute Gasteiger partial charge is 0.415 e. The fourth-order valence-electron chi connectivity index (χ4n) is 10.8. The lowest BCUT2D eigenvalue weighted by Crippen LogP contribution is -2.68. The van der Waals surface area contributed by atoms with Crippen LogP contribution in [-0.2, 0) is 22.1 Å². The molecule has 4 aliphatic carbocycles. The summed E-state index contributed by atoms with van der Waals surface area (Å²) in [7, 11) is -9.03. The van der Waals surface area contributed by atoms with Crippen molar-refractivity contribution in [3.8, 4) is 0 Å². The molecule has 4 fully saturated rings. The SMILES string of the molecule is C[C@]12CC[C@H](O[Si](C)(C)C)C[C@@H]1CC[C@@H]1[C@@H]2[C@@H](O[Si](C)(C)C)C[C@@]2(C)[C@H]1CC[C@]2(O[Si](C)(C)C)[C@H](CO[Si](C)(C)C)O[Si](C)(C)C. The first-order valence-corrected chi connectivity index (χ1v) is 36.0. The molecule has 0 aliphatic heterocycles. The predicted octanol–water partition coefficient (Wildman–Crippen LogP) is 10.7. The molecule has 270 valence electrons. The van der Waals surface area contributed by atoms with Crippen LogP contribution in [0.4, 0.5) is 0 Å². The van der Waals surface area contributed by atoms with Gasteiger partial charge in [-0.15, -0.1) is 0 Å². The van der Waals surface area contributed by atoms with E-state index in [1.54, 1.807) is 0 Å². The molecule has 0 unspecified atom stereocenters. The first-order valence-electron chi connectivity index (χ1n) is 19.0. The lowest BCUT2D eigenvalue weighted by Gasteiger charge is -2.66. The smallest absolute Gasteiger partial charge is 0.184 e. The first kappa shape index (κ1) is 39.7. The first-order chi connectivity index (χ1) is 20.6. The van der Waals surface area contributed by atoms with Crippen LogP contribution in [0.15, 0.2) is 0 Å². The zero-order valence-corrected chi connectivity index (χ0v) is 38.4. The standard InChI is InChI=1S/C36H76O5Si5/c1-34-22-20-28(38-43(6,7)8)24-27(34)18-19-29-30-21-23-36(41-46(15,16)17,32(40-45(12,13)14)26-37-42(3,4)5)35(30,2)25-31(33(29)34)39-44(9,10)11/h27-33H,18-26H2,1-17H3/t27-,28-,29-,30-,31-,32-,33+,34-,35-,36-/m0/s1. The monoisotopic (exact) mass is 728 g/mol. The normalized spacial score (nSPS) is 39.8. The van der Waals surface area contributed by atoms with E-state index in [4.69, 9.17) is 22.1 Å². The van der Waals surface area contributed by atoms with Crippen molar-refractivity contribution in [2.75, 3.05) is 6.61 Å². The van der Waals surface area contributed by atoms with Crippen LogP contribution in [0.3, 0.4) is 0 Å². The van der Waals surface area contributed by atoms with Crippen molar-refractivity contribution in [2.24, 2.45) is 34.5 Å². The molecule has 0 spiro atoms. The van der Waals surface area contributed by atoms with Gasteiger partial charge in [0.25, 0.3) is 0 Å². The van der Waals surface area contributed by atoms with E-state index in [1.165, 1.54) is 38.5 Å². The Labute approximate surface area is 291 Å². The lowest BCUT2D eigenvalue weighted by atomic mass is 9.43. The highest BCUT2D eigenvalue weighted by atomic mass is 28.4.